The fourth-order valence-corrected chi connectivity index (χ4v) is 5.29. The van der Waals surface area contributed by atoms with Gasteiger partial charge in [0.1, 0.15) is 0 Å². The van der Waals surface area contributed by atoms with Crippen molar-refractivity contribution in [2.45, 2.75) is 19.3 Å². The Morgan fingerprint density at radius 3 is 2.27 bits per heavy atom. The number of nitrogen functional groups attached to an aromatic ring is 2. The van der Waals surface area contributed by atoms with E-state index in [1.54, 1.807) is 18.6 Å². The minimum atomic E-state index is -0.178. The number of aromatic nitrogens is 6. The summed E-state index contributed by atoms with van der Waals surface area (Å²) >= 11 is 0. The number of aromatic amines is 1. The summed E-state index contributed by atoms with van der Waals surface area (Å²) in [5, 5.41) is 14.5. The van der Waals surface area contributed by atoms with Crippen molar-refractivity contribution >= 4 is 57.2 Å². The molecule has 0 radical (unpaired) electrons. The lowest BCUT2D eigenvalue weighted by Crippen LogP contribution is -2.41. The lowest BCUT2D eigenvalue weighted by atomic mass is 10.0. The molecule has 2 amide bonds. The molecule has 5 rings (SSSR count). The Hall–Kier alpha value is -5.61. The molecule has 0 fully saturated rings. The van der Waals surface area contributed by atoms with Gasteiger partial charge in [0.2, 0.25) is 23.8 Å². The molecule has 0 aliphatic heterocycles. The van der Waals surface area contributed by atoms with Crippen LogP contribution in [-0.4, -0.2) is 99.0 Å². The van der Waals surface area contributed by atoms with Gasteiger partial charge in [0.25, 0.3) is 5.91 Å². The maximum Gasteiger partial charge on any atom is 0.251 e. The monoisotopic (exact) mass is 654 g/mol. The van der Waals surface area contributed by atoms with Crippen LogP contribution in [0, 0.1) is 0 Å². The van der Waals surface area contributed by atoms with Crippen LogP contribution in [0.15, 0.2) is 55.0 Å². The molecule has 48 heavy (non-hydrogen) atoms. The Morgan fingerprint density at radius 1 is 0.792 bits per heavy atom. The highest BCUT2D eigenvalue weighted by atomic mass is 16.2. The Kier molecular flexibility index (Phi) is 11.8. The molecule has 0 saturated heterocycles. The molecule has 0 spiro atoms. The zero-order valence-electron chi connectivity index (χ0n) is 26.7. The molecule has 0 atom stereocenters. The van der Waals surface area contributed by atoms with Crippen molar-refractivity contribution in [2.75, 3.05) is 74.5 Å². The summed E-state index contributed by atoms with van der Waals surface area (Å²) in [7, 11) is 0. The van der Waals surface area contributed by atoms with Gasteiger partial charge in [-0.2, -0.15) is 15.0 Å². The zero-order chi connectivity index (χ0) is 33.7. The standard InChI is InChI=1S/C32H42N14O2/c33-9-14-46(15-12-37-27(47)18-22-19-36-20-41-22)16-13-39-29(48)21-7-8-26-24(17-21)28(23-5-1-2-6-25(23)42-26)38-10-3-4-11-40-32-44-30(34)43-31(35)45-32/h1-2,5-8,17,19-20H,3-4,9-16,18,33H2,(H,36,41)(H,37,47)(H,38,42)(H,39,48)(H5,34,35,40,43,44,45). The summed E-state index contributed by atoms with van der Waals surface area (Å²) in [6.07, 6.45) is 5.12. The van der Waals surface area contributed by atoms with Crippen LogP contribution in [0.2, 0.25) is 0 Å². The lowest BCUT2D eigenvalue weighted by Gasteiger charge is -2.22. The molecule has 16 heteroatoms. The van der Waals surface area contributed by atoms with Gasteiger partial charge < -0.3 is 43.5 Å². The van der Waals surface area contributed by atoms with Gasteiger partial charge in [-0.25, -0.2) is 9.97 Å². The molecule has 0 aliphatic carbocycles. The number of imidazole rings is 1. The highest BCUT2D eigenvalue weighted by molar-refractivity contribution is 6.09. The van der Waals surface area contributed by atoms with E-state index in [1.807, 2.05) is 36.4 Å². The third-order valence-corrected chi connectivity index (χ3v) is 7.62. The quantitative estimate of drug-likeness (QED) is 0.0488. The number of rotatable bonds is 18. The van der Waals surface area contributed by atoms with E-state index in [9.17, 15) is 9.59 Å². The number of nitrogens with zero attached hydrogens (tertiary/aromatic N) is 6. The molecular weight excluding hydrogens is 612 g/mol. The predicted octanol–water partition coefficient (Wildman–Crippen LogP) is 1.11. The van der Waals surface area contributed by atoms with Crippen LogP contribution >= 0.6 is 0 Å². The zero-order valence-corrected chi connectivity index (χ0v) is 26.7. The number of amides is 2. The lowest BCUT2D eigenvalue weighted by molar-refractivity contribution is -0.120. The van der Waals surface area contributed by atoms with Crippen molar-refractivity contribution < 1.29 is 9.59 Å². The van der Waals surface area contributed by atoms with E-state index in [1.165, 1.54) is 0 Å². The smallest absolute Gasteiger partial charge is 0.251 e. The van der Waals surface area contributed by atoms with E-state index in [-0.39, 0.29) is 30.1 Å². The average Bonchev–Trinajstić information content (AvgIpc) is 3.58. The first-order chi connectivity index (χ1) is 23.4. The second-order valence-corrected chi connectivity index (χ2v) is 11.2. The first-order valence-electron chi connectivity index (χ1n) is 15.9. The summed E-state index contributed by atoms with van der Waals surface area (Å²) in [5.74, 6) is 0.234. The maximum absolute atomic E-state index is 13.3. The van der Waals surface area contributed by atoms with Gasteiger partial charge in [0, 0.05) is 80.6 Å². The number of benzene rings is 2. The summed E-state index contributed by atoms with van der Waals surface area (Å²) in [6, 6.07) is 13.5. The Balaban J connectivity index is 1.15. The fraction of sp³-hybridized carbons (Fsp3) is 0.344. The van der Waals surface area contributed by atoms with Crippen molar-refractivity contribution in [1.29, 1.82) is 0 Å². The highest BCUT2D eigenvalue weighted by Gasteiger charge is 2.14. The SMILES string of the molecule is NCCN(CCNC(=O)Cc1cnc[nH]1)CCNC(=O)c1ccc2nc3ccccc3c(NCCCCNc3nc(N)nc(N)n3)c2c1. The van der Waals surface area contributed by atoms with Crippen LogP contribution in [0.5, 0.6) is 0 Å². The van der Waals surface area contributed by atoms with Crippen LogP contribution < -0.4 is 38.5 Å². The molecule has 11 N–H and O–H groups in total. The van der Waals surface area contributed by atoms with Crippen molar-refractivity contribution in [1.82, 2.24) is 45.4 Å². The molecule has 252 valence electrons. The van der Waals surface area contributed by atoms with Crippen LogP contribution in [-0.2, 0) is 11.2 Å². The summed E-state index contributed by atoms with van der Waals surface area (Å²) in [5.41, 5.74) is 21.0. The number of hydrogen-bond acceptors (Lipinski definition) is 13. The van der Waals surface area contributed by atoms with Crippen LogP contribution in [0.1, 0.15) is 28.9 Å². The maximum atomic E-state index is 13.3. The van der Waals surface area contributed by atoms with E-state index in [0.29, 0.717) is 63.9 Å². The number of fused-ring (bicyclic) bond motifs is 2. The normalized spacial score (nSPS) is 11.2. The number of hydrogen-bond donors (Lipinski definition) is 8. The number of pyridine rings is 1. The van der Waals surface area contributed by atoms with Crippen molar-refractivity contribution in [3.63, 3.8) is 0 Å². The number of unbranched alkanes of at least 4 members (excludes halogenated alkanes) is 1. The summed E-state index contributed by atoms with van der Waals surface area (Å²) in [4.78, 5) is 51.1. The van der Waals surface area contributed by atoms with E-state index in [4.69, 9.17) is 22.2 Å². The van der Waals surface area contributed by atoms with Gasteiger partial charge in [0.15, 0.2) is 0 Å². The molecule has 5 aromatic rings. The average molecular weight is 655 g/mol. The number of nitrogens with one attached hydrogen (secondary N) is 5. The van der Waals surface area contributed by atoms with E-state index in [2.05, 4.69) is 51.1 Å². The highest BCUT2D eigenvalue weighted by Crippen LogP contribution is 2.31. The molecule has 0 bridgehead atoms. The topological polar surface area (TPSA) is 244 Å². The number of carbonyl (C=O) groups is 2. The van der Waals surface area contributed by atoms with Gasteiger partial charge in [-0.3, -0.25) is 14.5 Å². The fourth-order valence-electron chi connectivity index (χ4n) is 5.29. The predicted molar refractivity (Wildman–Crippen MR) is 187 cm³/mol. The number of para-hydroxylation sites is 1. The Labute approximate surface area is 277 Å². The molecule has 2 aromatic carbocycles. The van der Waals surface area contributed by atoms with Gasteiger partial charge in [0.05, 0.1) is 29.5 Å². The molecule has 3 heterocycles. The summed E-state index contributed by atoms with van der Waals surface area (Å²) < 4.78 is 0. The molecule has 3 aromatic heterocycles. The van der Waals surface area contributed by atoms with Crippen LogP contribution in [0.3, 0.4) is 0 Å². The molecular formula is C32H42N14O2. The van der Waals surface area contributed by atoms with Gasteiger partial charge in [-0.1, -0.05) is 18.2 Å². The minimum Gasteiger partial charge on any atom is -0.384 e. The third-order valence-electron chi connectivity index (χ3n) is 7.62. The molecule has 0 saturated carbocycles. The Morgan fingerprint density at radius 2 is 1.52 bits per heavy atom. The van der Waals surface area contributed by atoms with Gasteiger partial charge >= 0.3 is 0 Å². The molecule has 0 unspecified atom stereocenters. The van der Waals surface area contributed by atoms with Gasteiger partial charge in [-0.05, 0) is 37.1 Å². The molecule has 16 nitrogen and oxygen atoms in total. The molecule has 0 aliphatic rings. The second kappa shape index (κ2) is 16.8. The van der Waals surface area contributed by atoms with E-state index < -0.39 is 0 Å². The van der Waals surface area contributed by atoms with Crippen molar-refractivity contribution in [3.05, 3.63) is 66.2 Å². The number of H-pyrrole nitrogens is 1. The van der Waals surface area contributed by atoms with E-state index in [0.717, 1.165) is 46.0 Å². The van der Waals surface area contributed by atoms with E-state index >= 15 is 0 Å². The minimum absolute atomic E-state index is 0.0739. The second-order valence-electron chi connectivity index (χ2n) is 11.2. The first kappa shape index (κ1) is 33.7. The van der Waals surface area contributed by atoms with Crippen LogP contribution in [0.25, 0.3) is 21.8 Å². The first-order valence-corrected chi connectivity index (χ1v) is 15.9. The number of nitrogens with two attached hydrogens (primary N) is 3. The Bertz CT molecular complexity index is 1790. The third kappa shape index (κ3) is 9.46. The van der Waals surface area contributed by atoms with Gasteiger partial charge in [-0.15, -0.1) is 0 Å². The van der Waals surface area contributed by atoms with Crippen LogP contribution in [0.4, 0.5) is 23.5 Å². The largest absolute Gasteiger partial charge is 0.384 e. The number of anilines is 4. The van der Waals surface area contributed by atoms with Crippen molar-refractivity contribution in [2.24, 2.45) is 5.73 Å². The number of carbonyl (C=O) groups excluding carboxylic acids is 2. The summed E-state index contributed by atoms with van der Waals surface area (Å²) in [6.45, 7) is 4.56. The van der Waals surface area contributed by atoms with Crippen molar-refractivity contribution in [3.8, 4) is 0 Å².